The van der Waals surface area contributed by atoms with Crippen molar-refractivity contribution in [2.75, 3.05) is 0 Å². The van der Waals surface area contributed by atoms with Crippen molar-refractivity contribution in [3.63, 3.8) is 0 Å². The molecular weight excluding hydrogens is 270 g/mol. The molecule has 4 heteroatoms. The lowest BCUT2D eigenvalue weighted by molar-refractivity contribution is -0.116. The van der Waals surface area contributed by atoms with E-state index in [0.29, 0.717) is 17.9 Å². The van der Waals surface area contributed by atoms with Crippen molar-refractivity contribution in [1.29, 1.82) is 0 Å². The summed E-state index contributed by atoms with van der Waals surface area (Å²) in [6, 6.07) is 0. The molecule has 112 valence electrons. The number of ketones is 1. The highest BCUT2D eigenvalue weighted by Crippen LogP contribution is 2.16. The Morgan fingerprint density at radius 3 is 2.25 bits per heavy atom. The summed E-state index contributed by atoms with van der Waals surface area (Å²) in [6.07, 6.45) is 5.30. The Kier molecular flexibility index (Phi) is 12.8. The Labute approximate surface area is 127 Å². The third-order valence-corrected chi connectivity index (χ3v) is 2.13. The van der Waals surface area contributed by atoms with Crippen LogP contribution in [0.4, 0.5) is 0 Å². The normalized spacial score (nSPS) is 9.55. The van der Waals surface area contributed by atoms with E-state index in [1.807, 2.05) is 27.7 Å². The molecule has 1 aromatic rings. The first kappa shape index (κ1) is 20.6. The Morgan fingerprint density at radius 2 is 1.85 bits per heavy atom. The molecule has 0 aliphatic carbocycles. The van der Waals surface area contributed by atoms with Gasteiger partial charge in [0, 0.05) is 6.42 Å². The topological polar surface area (TPSA) is 46.0 Å². The SMILES string of the molecule is C=C/C(=C\c1oc(=S)[nH]c1C=C)CC(C)=O.CC.CC. The average Bonchev–Trinajstić information content (AvgIpc) is 2.82. The van der Waals surface area contributed by atoms with E-state index >= 15 is 0 Å². The van der Waals surface area contributed by atoms with Crippen LogP contribution in [0.25, 0.3) is 12.2 Å². The summed E-state index contributed by atoms with van der Waals surface area (Å²) in [5.74, 6) is 0.636. The van der Waals surface area contributed by atoms with E-state index in [-0.39, 0.29) is 10.6 Å². The molecule has 0 aliphatic rings. The Hall–Kier alpha value is -1.68. The van der Waals surface area contributed by atoms with Crippen molar-refractivity contribution in [2.24, 2.45) is 0 Å². The molecule has 20 heavy (non-hydrogen) atoms. The van der Waals surface area contributed by atoms with Gasteiger partial charge in [0.1, 0.15) is 5.78 Å². The number of rotatable bonds is 5. The maximum Gasteiger partial charge on any atom is 0.266 e. The van der Waals surface area contributed by atoms with Crippen LogP contribution in [-0.4, -0.2) is 10.8 Å². The number of Topliss-reactive ketones (excluding diaryl/α,β-unsaturated/α-hetero) is 1. The first-order valence-electron chi connectivity index (χ1n) is 6.74. The molecule has 0 saturated heterocycles. The summed E-state index contributed by atoms with van der Waals surface area (Å²) in [5, 5.41) is 0. The minimum atomic E-state index is 0.0698. The molecule has 3 nitrogen and oxygen atoms in total. The number of allylic oxidation sites excluding steroid dienone is 2. The van der Waals surface area contributed by atoms with E-state index < -0.39 is 0 Å². The Bertz CT molecular complexity index is 507. The fourth-order valence-electron chi connectivity index (χ4n) is 1.25. The first-order chi connectivity index (χ1) is 9.56. The van der Waals surface area contributed by atoms with E-state index in [0.717, 1.165) is 5.57 Å². The molecule has 0 saturated carbocycles. The van der Waals surface area contributed by atoms with E-state index in [4.69, 9.17) is 16.6 Å². The molecule has 0 aromatic carbocycles. The van der Waals surface area contributed by atoms with Gasteiger partial charge in [0.05, 0.1) is 5.69 Å². The molecule has 0 aliphatic heterocycles. The molecule has 1 N–H and O–H groups in total. The monoisotopic (exact) mass is 295 g/mol. The highest BCUT2D eigenvalue weighted by molar-refractivity contribution is 7.71. The predicted octanol–water partition coefficient (Wildman–Crippen LogP) is 5.58. The fourth-order valence-corrected chi connectivity index (χ4v) is 1.45. The minimum Gasteiger partial charge on any atom is -0.429 e. The molecule has 0 spiro atoms. The zero-order chi connectivity index (χ0) is 16.1. The number of H-pyrrole nitrogens is 1. The van der Waals surface area contributed by atoms with Crippen LogP contribution in [0, 0.1) is 4.84 Å². The lowest BCUT2D eigenvalue weighted by atomic mass is 10.1. The van der Waals surface area contributed by atoms with E-state index in [9.17, 15) is 4.79 Å². The third kappa shape index (κ3) is 7.69. The number of carbonyl (C=O) groups excluding carboxylic acids is 1. The zero-order valence-corrected chi connectivity index (χ0v) is 13.9. The molecule has 1 aromatic heterocycles. The summed E-state index contributed by atoms with van der Waals surface area (Å²) in [4.78, 5) is 14.1. The van der Waals surface area contributed by atoms with Crippen molar-refractivity contribution >= 4 is 30.2 Å². The van der Waals surface area contributed by atoms with Gasteiger partial charge in [-0.05, 0) is 36.9 Å². The number of nitrogens with one attached hydrogen (secondary N) is 1. The second-order valence-corrected chi connectivity index (χ2v) is 3.67. The number of aromatic amines is 1. The molecule has 0 unspecified atom stereocenters. The fraction of sp³-hybridized carbons (Fsp3) is 0.375. The average molecular weight is 295 g/mol. The van der Waals surface area contributed by atoms with Gasteiger partial charge in [-0.15, -0.1) is 0 Å². The summed E-state index contributed by atoms with van der Waals surface area (Å²) in [5.41, 5.74) is 1.49. The smallest absolute Gasteiger partial charge is 0.266 e. The van der Waals surface area contributed by atoms with E-state index in [1.165, 1.54) is 6.92 Å². The summed E-state index contributed by atoms with van der Waals surface area (Å²) >= 11 is 4.87. The van der Waals surface area contributed by atoms with Crippen molar-refractivity contribution in [1.82, 2.24) is 4.98 Å². The molecule has 0 fully saturated rings. The molecular formula is C16H25NO2S. The lowest BCUT2D eigenvalue weighted by Crippen LogP contribution is -1.91. The van der Waals surface area contributed by atoms with Crippen LogP contribution in [-0.2, 0) is 4.79 Å². The standard InChI is InChI=1S/C12H13NO2S.2C2H6/c1-4-9(6-8(3)14)7-11-10(5-2)13-12(16)15-11;2*1-2/h4-5,7H,1-2,6H2,3H3,(H,13,16);2*1-2H3/b9-7+;;. The van der Waals surface area contributed by atoms with Crippen LogP contribution >= 0.6 is 12.2 Å². The van der Waals surface area contributed by atoms with Gasteiger partial charge < -0.3 is 9.40 Å². The van der Waals surface area contributed by atoms with Crippen LogP contribution in [0.15, 0.2) is 29.2 Å². The predicted molar refractivity (Wildman–Crippen MR) is 90.2 cm³/mol. The van der Waals surface area contributed by atoms with Crippen molar-refractivity contribution in [3.05, 3.63) is 41.1 Å². The third-order valence-electron chi connectivity index (χ3n) is 1.94. The molecule has 0 atom stereocenters. The van der Waals surface area contributed by atoms with Crippen LogP contribution in [0.1, 0.15) is 52.5 Å². The molecule has 1 heterocycles. The second kappa shape index (κ2) is 12.4. The van der Waals surface area contributed by atoms with Gasteiger partial charge in [-0.1, -0.05) is 46.9 Å². The summed E-state index contributed by atoms with van der Waals surface area (Å²) in [6.45, 7) is 16.8. The summed E-state index contributed by atoms with van der Waals surface area (Å²) < 4.78 is 5.27. The molecule has 0 bridgehead atoms. The zero-order valence-electron chi connectivity index (χ0n) is 13.1. The highest BCUT2D eigenvalue weighted by Gasteiger charge is 2.04. The summed E-state index contributed by atoms with van der Waals surface area (Å²) in [7, 11) is 0. The van der Waals surface area contributed by atoms with E-state index in [1.54, 1.807) is 18.2 Å². The molecule has 0 amide bonds. The van der Waals surface area contributed by atoms with Crippen LogP contribution < -0.4 is 0 Å². The van der Waals surface area contributed by atoms with Gasteiger partial charge in [0.2, 0.25) is 0 Å². The highest BCUT2D eigenvalue weighted by atomic mass is 32.1. The molecule has 0 radical (unpaired) electrons. The molecule has 1 rings (SSSR count). The van der Waals surface area contributed by atoms with Crippen molar-refractivity contribution < 1.29 is 9.21 Å². The lowest BCUT2D eigenvalue weighted by Gasteiger charge is -1.97. The minimum absolute atomic E-state index is 0.0698. The van der Waals surface area contributed by atoms with Crippen molar-refractivity contribution in [3.8, 4) is 0 Å². The van der Waals surface area contributed by atoms with Crippen LogP contribution in [0.3, 0.4) is 0 Å². The number of aromatic nitrogens is 1. The number of oxazole rings is 1. The largest absolute Gasteiger partial charge is 0.429 e. The Morgan fingerprint density at radius 1 is 1.30 bits per heavy atom. The first-order valence-corrected chi connectivity index (χ1v) is 7.15. The van der Waals surface area contributed by atoms with Gasteiger partial charge in [-0.25, -0.2) is 0 Å². The van der Waals surface area contributed by atoms with Crippen molar-refractivity contribution in [2.45, 2.75) is 41.0 Å². The van der Waals surface area contributed by atoms with Gasteiger partial charge in [-0.2, -0.15) is 0 Å². The van der Waals surface area contributed by atoms with Gasteiger partial charge in [0.25, 0.3) is 4.84 Å². The Balaban J connectivity index is 0. The van der Waals surface area contributed by atoms with Gasteiger partial charge in [0.15, 0.2) is 5.76 Å². The van der Waals surface area contributed by atoms with E-state index in [2.05, 4.69) is 18.1 Å². The second-order valence-electron chi connectivity index (χ2n) is 3.30. The number of hydrogen-bond donors (Lipinski definition) is 1. The van der Waals surface area contributed by atoms with Crippen LogP contribution in [0.5, 0.6) is 0 Å². The van der Waals surface area contributed by atoms with Crippen LogP contribution in [0.2, 0.25) is 0 Å². The quantitative estimate of drug-likeness (QED) is 0.569. The maximum absolute atomic E-state index is 11.0. The number of hydrogen-bond acceptors (Lipinski definition) is 3. The number of carbonyl (C=O) groups is 1. The van der Waals surface area contributed by atoms with Gasteiger partial charge >= 0.3 is 0 Å². The maximum atomic E-state index is 11.0. The van der Waals surface area contributed by atoms with Gasteiger partial charge in [-0.3, -0.25) is 4.79 Å².